The first kappa shape index (κ1) is 16.0. The van der Waals surface area contributed by atoms with Gasteiger partial charge in [-0.3, -0.25) is 4.99 Å². The molecule has 6 nitrogen and oxygen atoms in total. The van der Waals surface area contributed by atoms with E-state index in [0.29, 0.717) is 12.5 Å². The van der Waals surface area contributed by atoms with E-state index in [0.717, 1.165) is 5.69 Å². The standard InChI is InChI=1S/C15H19FN4O2/c1-17-15(20(2)10-11-7-8-22-19-11)18-9-14(21)12-5-3-4-6-13(12)16/h3-8,14,21H,9-10H2,1-2H3,(H,17,18). The van der Waals surface area contributed by atoms with E-state index in [9.17, 15) is 9.50 Å². The van der Waals surface area contributed by atoms with Crippen LogP contribution < -0.4 is 5.32 Å². The molecule has 0 aliphatic carbocycles. The summed E-state index contributed by atoms with van der Waals surface area (Å²) >= 11 is 0. The van der Waals surface area contributed by atoms with E-state index in [-0.39, 0.29) is 12.1 Å². The Morgan fingerprint density at radius 2 is 2.23 bits per heavy atom. The summed E-state index contributed by atoms with van der Waals surface area (Å²) in [4.78, 5) is 5.95. The molecule has 0 saturated heterocycles. The summed E-state index contributed by atoms with van der Waals surface area (Å²) < 4.78 is 18.4. The van der Waals surface area contributed by atoms with Gasteiger partial charge < -0.3 is 19.8 Å². The Hall–Kier alpha value is -2.41. The molecule has 1 aromatic carbocycles. The van der Waals surface area contributed by atoms with Gasteiger partial charge in [0.15, 0.2) is 5.96 Å². The molecule has 2 rings (SSSR count). The van der Waals surface area contributed by atoms with E-state index >= 15 is 0 Å². The number of benzene rings is 1. The first-order valence-electron chi connectivity index (χ1n) is 6.85. The zero-order chi connectivity index (χ0) is 15.9. The average molecular weight is 306 g/mol. The number of aliphatic hydroxyl groups excluding tert-OH is 1. The van der Waals surface area contributed by atoms with E-state index in [1.54, 1.807) is 31.3 Å². The number of nitrogens with zero attached hydrogens (tertiary/aromatic N) is 3. The van der Waals surface area contributed by atoms with Crippen LogP contribution in [0.5, 0.6) is 0 Å². The third-order valence-electron chi connectivity index (χ3n) is 3.18. The second kappa shape index (κ2) is 7.56. The molecule has 0 saturated carbocycles. The van der Waals surface area contributed by atoms with Gasteiger partial charge in [0.1, 0.15) is 17.8 Å². The van der Waals surface area contributed by atoms with Gasteiger partial charge in [-0.2, -0.15) is 0 Å². The van der Waals surface area contributed by atoms with Gasteiger partial charge >= 0.3 is 0 Å². The average Bonchev–Trinajstić information content (AvgIpc) is 3.01. The highest BCUT2D eigenvalue weighted by Gasteiger charge is 2.14. The van der Waals surface area contributed by atoms with Gasteiger partial charge in [-0.1, -0.05) is 23.4 Å². The van der Waals surface area contributed by atoms with Gasteiger partial charge in [0.2, 0.25) is 0 Å². The van der Waals surface area contributed by atoms with Crippen LogP contribution in [0.2, 0.25) is 0 Å². The molecular weight excluding hydrogens is 287 g/mol. The second-order valence-corrected chi connectivity index (χ2v) is 4.81. The molecule has 1 aromatic heterocycles. The molecule has 1 unspecified atom stereocenters. The van der Waals surface area contributed by atoms with E-state index in [4.69, 9.17) is 4.52 Å². The molecule has 2 aromatic rings. The summed E-state index contributed by atoms with van der Waals surface area (Å²) in [6.45, 7) is 0.655. The Balaban J connectivity index is 1.92. The van der Waals surface area contributed by atoms with Crippen molar-refractivity contribution in [2.24, 2.45) is 4.99 Å². The SMILES string of the molecule is CN=C(NCC(O)c1ccccc1F)N(C)Cc1ccon1. The number of hydrogen-bond donors (Lipinski definition) is 2. The summed E-state index contributed by atoms with van der Waals surface area (Å²) in [5.41, 5.74) is 1.02. The minimum absolute atomic E-state index is 0.150. The molecule has 0 radical (unpaired) electrons. The number of aliphatic imine (C=N–C) groups is 1. The Kier molecular flexibility index (Phi) is 5.48. The van der Waals surface area contributed by atoms with Gasteiger partial charge in [-0.05, 0) is 6.07 Å². The second-order valence-electron chi connectivity index (χ2n) is 4.81. The van der Waals surface area contributed by atoms with Gasteiger partial charge in [-0.15, -0.1) is 0 Å². The fraction of sp³-hybridized carbons (Fsp3) is 0.333. The third-order valence-corrected chi connectivity index (χ3v) is 3.18. The van der Waals surface area contributed by atoms with Gasteiger partial charge in [0, 0.05) is 32.3 Å². The zero-order valence-corrected chi connectivity index (χ0v) is 12.5. The number of rotatable bonds is 5. The van der Waals surface area contributed by atoms with Crippen LogP contribution in [-0.2, 0) is 6.54 Å². The van der Waals surface area contributed by atoms with Crippen LogP contribution in [0.3, 0.4) is 0 Å². The van der Waals surface area contributed by atoms with Gasteiger partial charge in [0.05, 0.1) is 12.6 Å². The van der Waals surface area contributed by atoms with Crippen molar-refractivity contribution in [1.29, 1.82) is 0 Å². The molecule has 22 heavy (non-hydrogen) atoms. The predicted octanol–water partition coefficient (Wildman–Crippen LogP) is 1.55. The maximum atomic E-state index is 13.6. The molecule has 0 spiro atoms. The number of hydrogen-bond acceptors (Lipinski definition) is 4. The molecule has 2 N–H and O–H groups in total. The molecule has 1 atom stereocenters. The van der Waals surface area contributed by atoms with Gasteiger partial charge in [-0.25, -0.2) is 4.39 Å². The van der Waals surface area contributed by atoms with E-state index in [2.05, 4.69) is 15.5 Å². The van der Waals surface area contributed by atoms with Crippen LogP contribution in [0.4, 0.5) is 4.39 Å². The van der Waals surface area contributed by atoms with Crippen molar-refractivity contribution in [1.82, 2.24) is 15.4 Å². The summed E-state index contributed by atoms with van der Waals surface area (Å²) in [6.07, 6.45) is 0.541. The number of guanidine groups is 1. The third kappa shape index (κ3) is 4.05. The predicted molar refractivity (Wildman–Crippen MR) is 80.7 cm³/mol. The maximum Gasteiger partial charge on any atom is 0.193 e. The van der Waals surface area contributed by atoms with Crippen LogP contribution in [0.25, 0.3) is 0 Å². The molecule has 0 aliphatic rings. The van der Waals surface area contributed by atoms with Gasteiger partial charge in [0.25, 0.3) is 0 Å². The molecule has 118 valence electrons. The lowest BCUT2D eigenvalue weighted by atomic mass is 10.1. The van der Waals surface area contributed by atoms with Crippen LogP contribution in [0.1, 0.15) is 17.4 Å². The number of halogens is 1. The summed E-state index contributed by atoms with van der Waals surface area (Å²) in [6, 6.07) is 7.92. The van der Waals surface area contributed by atoms with Crippen molar-refractivity contribution in [3.63, 3.8) is 0 Å². The molecule has 1 heterocycles. The number of nitrogens with one attached hydrogen (secondary N) is 1. The fourth-order valence-corrected chi connectivity index (χ4v) is 2.06. The lowest BCUT2D eigenvalue weighted by Crippen LogP contribution is -2.40. The lowest BCUT2D eigenvalue weighted by Gasteiger charge is -2.22. The summed E-state index contributed by atoms with van der Waals surface area (Å²) in [5.74, 6) is 0.140. The largest absolute Gasteiger partial charge is 0.386 e. The quantitative estimate of drug-likeness (QED) is 0.648. The first-order valence-corrected chi connectivity index (χ1v) is 6.85. The molecule has 0 bridgehead atoms. The van der Waals surface area contributed by atoms with Crippen LogP contribution >= 0.6 is 0 Å². The lowest BCUT2D eigenvalue weighted by molar-refractivity contribution is 0.175. The molecule has 0 aliphatic heterocycles. The molecular formula is C15H19FN4O2. The fourth-order valence-electron chi connectivity index (χ4n) is 2.06. The summed E-state index contributed by atoms with van der Waals surface area (Å²) in [7, 11) is 3.47. The molecule has 0 amide bonds. The normalized spacial score (nSPS) is 13.0. The summed E-state index contributed by atoms with van der Waals surface area (Å²) in [5, 5.41) is 16.9. The molecule has 7 heteroatoms. The highest BCUT2D eigenvalue weighted by Crippen LogP contribution is 2.15. The Labute approximate surface area is 128 Å². The minimum Gasteiger partial charge on any atom is -0.386 e. The highest BCUT2D eigenvalue weighted by molar-refractivity contribution is 5.79. The zero-order valence-electron chi connectivity index (χ0n) is 12.5. The highest BCUT2D eigenvalue weighted by atomic mass is 19.1. The topological polar surface area (TPSA) is 73.9 Å². The van der Waals surface area contributed by atoms with Crippen molar-refractivity contribution in [3.8, 4) is 0 Å². The van der Waals surface area contributed by atoms with Crippen molar-refractivity contribution >= 4 is 5.96 Å². The number of aromatic nitrogens is 1. The first-order chi connectivity index (χ1) is 10.6. The molecule has 0 fully saturated rings. The number of aliphatic hydroxyl groups is 1. The van der Waals surface area contributed by atoms with Crippen LogP contribution in [0, 0.1) is 5.82 Å². The van der Waals surface area contributed by atoms with Crippen molar-refractivity contribution in [3.05, 3.63) is 53.7 Å². The van der Waals surface area contributed by atoms with Crippen molar-refractivity contribution in [2.45, 2.75) is 12.6 Å². The van der Waals surface area contributed by atoms with Crippen molar-refractivity contribution in [2.75, 3.05) is 20.6 Å². The minimum atomic E-state index is -0.960. The van der Waals surface area contributed by atoms with Crippen LogP contribution in [0.15, 0.2) is 46.1 Å². The monoisotopic (exact) mass is 306 g/mol. The van der Waals surface area contributed by atoms with E-state index in [1.807, 2.05) is 11.9 Å². The Bertz CT molecular complexity index is 616. The smallest absolute Gasteiger partial charge is 0.193 e. The van der Waals surface area contributed by atoms with E-state index < -0.39 is 11.9 Å². The van der Waals surface area contributed by atoms with E-state index in [1.165, 1.54) is 12.3 Å². The maximum absolute atomic E-state index is 13.6. The van der Waals surface area contributed by atoms with Crippen LogP contribution in [-0.4, -0.2) is 41.8 Å². The Morgan fingerprint density at radius 3 is 2.86 bits per heavy atom. The Morgan fingerprint density at radius 1 is 1.45 bits per heavy atom. The van der Waals surface area contributed by atoms with Crippen molar-refractivity contribution < 1.29 is 14.0 Å².